The Morgan fingerprint density at radius 3 is 2.39 bits per heavy atom. The normalized spacial score (nSPS) is 13.9. The Balaban J connectivity index is 1.71. The van der Waals surface area contributed by atoms with Gasteiger partial charge < -0.3 is 20.9 Å². The van der Waals surface area contributed by atoms with Gasteiger partial charge in [-0.25, -0.2) is 4.39 Å². The van der Waals surface area contributed by atoms with Gasteiger partial charge in [0, 0.05) is 37.4 Å². The van der Waals surface area contributed by atoms with Gasteiger partial charge in [0.15, 0.2) is 0 Å². The number of carbonyl (C=O) groups excluding carboxylic acids is 3. The molecule has 2 aromatic rings. The number of nitrogens with zero attached hydrogens (tertiary/aromatic N) is 2. The molecule has 10 heteroatoms. The van der Waals surface area contributed by atoms with E-state index in [1.165, 1.54) is 24.6 Å². The maximum Gasteiger partial charge on any atom is 0.309 e. The molecule has 2 aromatic carbocycles. The van der Waals surface area contributed by atoms with Crippen molar-refractivity contribution in [3.05, 3.63) is 63.9 Å². The van der Waals surface area contributed by atoms with Crippen molar-refractivity contribution in [1.82, 2.24) is 20.4 Å². The SMILES string of the molecule is CN(C)CCNC(=O)C(=O)NCc1ccc(C(=O)Nc2ccc(Cl)c(F)c2)cc1CN1CCCCC1. The van der Waals surface area contributed by atoms with Gasteiger partial charge in [0.25, 0.3) is 5.91 Å². The minimum Gasteiger partial charge on any atom is -0.347 e. The fraction of sp³-hybridized carbons (Fsp3) is 0.423. The van der Waals surface area contributed by atoms with Crippen LogP contribution < -0.4 is 16.0 Å². The van der Waals surface area contributed by atoms with Gasteiger partial charge >= 0.3 is 11.8 Å². The molecule has 0 unspecified atom stereocenters. The van der Waals surface area contributed by atoms with E-state index in [9.17, 15) is 18.8 Å². The van der Waals surface area contributed by atoms with Crippen molar-refractivity contribution in [3.8, 4) is 0 Å². The molecule has 0 aliphatic carbocycles. The molecule has 1 aliphatic rings. The summed E-state index contributed by atoms with van der Waals surface area (Å²) in [5.41, 5.74) is 2.43. The number of anilines is 1. The lowest BCUT2D eigenvalue weighted by Crippen LogP contribution is -2.42. The number of benzene rings is 2. The van der Waals surface area contributed by atoms with Crippen LogP contribution in [0.1, 0.15) is 40.7 Å². The minimum atomic E-state index is -0.704. The molecule has 0 bridgehead atoms. The Morgan fingerprint density at radius 1 is 0.972 bits per heavy atom. The molecule has 0 radical (unpaired) electrons. The molecule has 1 heterocycles. The van der Waals surface area contributed by atoms with E-state index in [0.717, 1.165) is 37.1 Å². The summed E-state index contributed by atoms with van der Waals surface area (Å²) in [5, 5.41) is 7.95. The summed E-state index contributed by atoms with van der Waals surface area (Å²) in [7, 11) is 3.77. The number of rotatable bonds is 9. The van der Waals surface area contributed by atoms with E-state index in [2.05, 4.69) is 20.9 Å². The van der Waals surface area contributed by atoms with Gasteiger partial charge in [0.05, 0.1) is 5.02 Å². The van der Waals surface area contributed by atoms with Crippen LogP contribution >= 0.6 is 11.6 Å². The van der Waals surface area contributed by atoms with E-state index in [1.54, 1.807) is 18.2 Å². The third-order valence-corrected chi connectivity index (χ3v) is 6.29. The molecule has 194 valence electrons. The average molecular weight is 518 g/mol. The molecular weight excluding hydrogens is 485 g/mol. The lowest BCUT2D eigenvalue weighted by atomic mass is 10.0. The standard InChI is InChI=1S/C26H33ClFN5O3/c1-32(2)13-10-29-25(35)26(36)30-16-19-7-6-18(14-20(19)17-33-11-4-3-5-12-33)24(34)31-21-8-9-22(27)23(28)15-21/h6-9,14-15H,3-5,10-13,16-17H2,1-2H3,(H,29,35)(H,30,36)(H,31,34). The van der Waals surface area contributed by atoms with Crippen LogP contribution in [0.25, 0.3) is 0 Å². The summed E-state index contributed by atoms with van der Waals surface area (Å²) in [6, 6.07) is 9.31. The third kappa shape index (κ3) is 8.29. The van der Waals surface area contributed by atoms with Crippen molar-refractivity contribution in [2.24, 2.45) is 0 Å². The van der Waals surface area contributed by atoms with Crippen molar-refractivity contribution >= 4 is 35.0 Å². The van der Waals surface area contributed by atoms with Crippen molar-refractivity contribution in [2.75, 3.05) is 45.6 Å². The topological polar surface area (TPSA) is 93.8 Å². The molecule has 0 atom stereocenters. The smallest absolute Gasteiger partial charge is 0.309 e. The first-order valence-electron chi connectivity index (χ1n) is 12.0. The number of carbonyl (C=O) groups is 3. The Morgan fingerprint density at radius 2 is 1.69 bits per heavy atom. The van der Waals surface area contributed by atoms with Crippen LogP contribution in [0.2, 0.25) is 5.02 Å². The Hall–Kier alpha value is -3.01. The highest BCUT2D eigenvalue weighted by molar-refractivity contribution is 6.35. The number of nitrogens with one attached hydrogen (secondary N) is 3. The van der Waals surface area contributed by atoms with Gasteiger partial charge in [0.2, 0.25) is 0 Å². The molecule has 0 spiro atoms. The predicted molar refractivity (Wildman–Crippen MR) is 138 cm³/mol. The largest absolute Gasteiger partial charge is 0.347 e. The second-order valence-corrected chi connectivity index (χ2v) is 9.55. The van der Waals surface area contributed by atoms with Gasteiger partial charge in [0.1, 0.15) is 5.82 Å². The maximum atomic E-state index is 13.8. The van der Waals surface area contributed by atoms with Crippen molar-refractivity contribution in [3.63, 3.8) is 0 Å². The summed E-state index contributed by atoms with van der Waals surface area (Å²) in [4.78, 5) is 41.4. The van der Waals surface area contributed by atoms with Gasteiger partial charge in [-0.1, -0.05) is 24.1 Å². The van der Waals surface area contributed by atoms with Gasteiger partial charge in [-0.3, -0.25) is 19.3 Å². The lowest BCUT2D eigenvalue weighted by Gasteiger charge is -2.27. The molecule has 3 amide bonds. The molecule has 0 aromatic heterocycles. The molecule has 1 fully saturated rings. The van der Waals surface area contributed by atoms with Crippen molar-refractivity contribution < 1.29 is 18.8 Å². The fourth-order valence-corrected chi connectivity index (χ4v) is 4.07. The summed E-state index contributed by atoms with van der Waals surface area (Å²) in [5.74, 6) is -2.38. The average Bonchev–Trinajstić information content (AvgIpc) is 2.85. The van der Waals surface area contributed by atoms with E-state index < -0.39 is 17.6 Å². The monoisotopic (exact) mass is 517 g/mol. The molecule has 36 heavy (non-hydrogen) atoms. The number of likely N-dealkylation sites (tertiary alicyclic amines) is 1. The zero-order valence-corrected chi connectivity index (χ0v) is 21.5. The van der Waals surface area contributed by atoms with E-state index in [4.69, 9.17) is 11.6 Å². The quantitative estimate of drug-likeness (QED) is 0.445. The van der Waals surface area contributed by atoms with Crippen molar-refractivity contribution in [2.45, 2.75) is 32.4 Å². The molecular formula is C26H33ClFN5O3. The summed E-state index contributed by atoms with van der Waals surface area (Å²) >= 11 is 5.72. The lowest BCUT2D eigenvalue weighted by molar-refractivity contribution is -0.139. The number of hydrogen-bond acceptors (Lipinski definition) is 5. The van der Waals surface area contributed by atoms with Crippen LogP contribution in [0.5, 0.6) is 0 Å². The van der Waals surface area contributed by atoms with E-state index in [1.807, 2.05) is 19.0 Å². The fourth-order valence-electron chi connectivity index (χ4n) is 3.95. The van der Waals surface area contributed by atoms with Gasteiger partial charge in [-0.2, -0.15) is 0 Å². The van der Waals surface area contributed by atoms with Crippen LogP contribution in [0.15, 0.2) is 36.4 Å². The summed E-state index contributed by atoms with van der Waals surface area (Å²) in [6.45, 7) is 3.71. The number of piperidine rings is 1. The number of amides is 3. The molecule has 3 N–H and O–H groups in total. The van der Waals surface area contributed by atoms with Crippen LogP contribution in [0.3, 0.4) is 0 Å². The molecule has 1 aliphatic heterocycles. The maximum absolute atomic E-state index is 13.8. The second kappa shape index (κ2) is 13.3. The molecule has 1 saturated heterocycles. The second-order valence-electron chi connectivity index (χ2n) is 9.15. The molecule has 0 saturated carbocycles. The van der Waals surface area contributed by atoms with E-state index in [-0.39, 0.29) is 17.5 Å². The Labute approximate surface area is 216 Å². The minimum absolute atomic E-state index is 0.0189. The first-order valence-corrected chi connectivity index (χ1v) is 12.4. The molecule has 3 rings (SSSR count). The number of hydrogen-bond donors (Lipinski definition) is 3. The number of likely N-dealkylation sites (N-methyl/N-ethyl adjacent to an activating group) is 1. The zero-order valence-electron chi connectivity index (χ0n) is 20.7. The van der Waals surface area contributed by atoms with E-state index >= 15 is 0 Å². The van der Waals surface area contributed by atoms with Crippen LogP contribution in [-0.4, -0.2) is 67.8 Å². The van der Waals surface area contributed by atoms with Gasteiger partial charge in [-0.05, 0) is 81.5 Å². The van der Waals surface area contributed by atoms with E-state index in [0.29, 0.717) is 30.9 Å². The van der Waals surface area contributed by atoms with Crippen molar-refractivity contribution in [1.29, 1.82) is 0 Å². The first kappa shape index (κ1) is 27.6. The van der Waals surface area contributed by atoms with Crippen LogP contribution in [0, 0.1) is 5.82 Å². The predicted octanol–water partition coefficient (Wildman–Crippen LogP) is 3.01. The molecule has 8 nitrogen and oxygen atoms in total. The summed E-state index contributed by atoms with van der Waals surface area (Å²) < 4.78 is 13.8. The highest BCUT2D eigenvalue weighted by Crippen LogP contribution is 2.21. The van der Waals surface area contributed by atoms with Crippen LogP contribution in [-0.2, 0) is 22.7 Å². The van der Waals surface area contributed by atoms with Gasteiger partial charge in [-0.15, -0.1) is 0 Å². The Bertz CT molecular complexity index is 1090. The first-order chi connectivity index (χ1) is 17.2. The zero-order chi connectivity index (χ0) is 26.1. The highest BCUT2D eigenvalue weighted by atomic mass is 35.5. The highest BCUT2D eigenvalue weighted by Gasteiger charge is 2.18. The Kier molecular flexibility index (Phi) is 10.2. The third-order valence-electron chi connectivity index (χ3n) is 5.98. The summed E-state index contributed by atoms with van der Waals surface area (Å²) in [6.07, 6.45) is 3.42. The number of halogens is 2. The van der Waals surface area contributed by atoms with Crippen LogP contribution in [0.4, 0.5) is 10.1 Å².